The van der Waals surface area contributed by atoms with Crippen LogP contribution in [0.25, 0.3) is 0 Å². The zero-order valence-electron chi connectivity index (χ0n) is 32.9. The zero-order chi connectivity index (χ0) is 39.5. The van der Waals surface area contributed by atoms with Crippen molar-refractivity contribution in [3.05, 3.63) is 137 Å². The predicted octanol–water partition coefficient (Wildman–Crippen LogP) is 6.45. The summed E-state index contributed by atoms with van der Waals surface area (Å²) >= 11 is 0. The minimum atomic E-state index is -0.799. The van der Waals surface area contributed by atoms with E-state index >= 15 is 0 Å². The normalized spacial score (nSPS) is 26.2. The lowest BCUT2D eigenvalue weighted by Crippen LogP contribution is -2.53. The smallest absolute Gasteiger partial charge is 0.262 e. The Morgan fingerprint density at radius 1 is 0.759 bits per heavy atom. The second-order valence-electron chi connectivity index (χ2n) is 17.2. The Balaban J connectivity index is 0.710. The van der Waals surface area contributed by atoms with Crippen LogP contribution in [0.5, 0.6) is 11.5 Å². The second-order valence-corrected chi connectivity index (χ2v) is 17.2. The Kier molecular flexibility index (Phi) is 9.57. The van der Waals surface area contributed by atoms with Crippen molar-refractivity contribution in [2.75, 3.05) is 44.2 Å². The van der Waals surface area contributed by atoms with Gasteiger partial charge in [0.25, 0.3) is 11.8 Å². The van der Waals surface area contributed by atoms with Gasteiger partial charge in [-0.15, -0.1) is 0 Å². The second kappa shape index (κ2) is 15.1. The number of allylic oxidation sites excluding steroid dienone is 1. The van der Waals surface area contributed by atoms with Crippen LogP contribution in [0.1, 0.15) is 93.3 Å². The van der Waals surface area contributed by atoms with Gasteiger partial charge in [0.2, 0.25) is 5.91 Å². The molecule has 0 saturated carbocycles. The number of aromatic hydroxyl groups is 1. The molecule has 6 aliphatic rings. The summed E-state index contributed by atoms with van der Waals surface area (Å²) in [4.78, 5) is 48.3. The molecule has 2 bridgehead atoms. The van der Waals surface area contributed by atoms with Crippen LogP contribution in [0, 0.1) is 0 Å². The summed E-state index contributed by atoms with van der Waals surface area (Å²) in [5, 5.41) is 12.9. The minimum Gasteiger partial charge on any atom is -0.508 e. The first kappa shape index (κ1) is 36.9. The summed E-state index contributed by atoms with van der Waals surface area (Å²) in [5.41, 5.74) is 7.56. The highest BCUT2D eigenvalue weighted by molar-refractivity contribution is 6.23. The number of hydrogen-bond donors (Lipinski definition) is 2. The fraction of sp³-hybridized carbons (Fsp3) is 0.396. The molecule has 3 amide bonds. The fourth-order valence-corrected chi connectivity index (χ4v) is 11.0. The molecule has 1 aliphatic carbocycles. The van der Waals surface area contributed by atoms with Crippen molar-refractivity contribution in [2.45, 2.75) is 80.9 Å². The molecule has 5 heterocycles. The highest BCUT2D eigenvalue weighted by atomic mass is 16.5. The lowest BCUT2D eigenvalue weighted by molar-refractivity contribution is -0.125. The zero-order valence-corrected chi connectivity index (χ0v) is 32.9. The number of rotatable bonds is 9. The van der Waals surface area contributed by atoms with Crippen molar-refractivity contribution in [1.82, 2.24) is 20.0 Å². The average Bonchev–Trinajstić information content (AvgIpc) is 3.93. The minimum absolute atomic E-state index is 0.221. The van der Waals surface area contributed by atoms with Crippen molar-refractivity contribution in [3.8, 4) is 11.5 Å². The molecular formula is C48H51N5O5. The number of ether oxygens (including phenoxy) is 1. The Morgan fingerprint density at radius 3 is 2.31 bits per heavy atom. The molecule has 58 heavy (non-hydrogen) atoms. The molecule has 0 radical (unpaired) electrons. The molecule has 4 saturated heterocycles. The van der Waals surface area contributed by atoms with Crippen LogP contribution in [-0.4, -0.2) is 101 Å². The quantitative estimate of drug-likeness (QED) is 0.187. The fourth-order valence-electron chi connectivity index (χ4n) is 11.0. The van der Waals surface area contributed by atoms with Gasteiger partial charge < -0.3 is 20.1 Å². The molecule has 10 rings (SSSR count). The van der Waals surface area contributed by atoms with Crippen molar-refractivity contribution in [2.24, 2.45) is 0 Å². The first-order chi connectivity index (χ1) is 28.3. The number of carbonyl (C=O) groups is 3. The first-order valence-electron chi connectivity index (χ1n) is 21.1. The molecule has 4 aromatic carbocycles. The van der Waals surface area contributed by atoms with Gasteiger partial charge in [0, 0.05) is 55.1 Å². The van der Waals surface area contributed by atoms with Gasteiger partial charge in [0.1, 0.15) is 24.1 Å². The SMILES string of the molecule is C=C1CCC(N2C(=O)c3ccc(N4C[C@@H]5C[C@H]4CN5C4CCN(CCOc5ccc([C@@H]6c7ccc(O)cc7CC[C@@H]6c6ccccc6)cc5)CC4)cc3C2=O)C(=O)N1. The van der Waals surface area contributed by atoms with E-state index in [-0.39, 0.29) is 23.6 Å². The number of fused-ring (bicyclic) bond motifs is 4. The maximum Gasteiger partial charge on any atom is 0.262 e. The Morgan fingerprint density at radius 2 is 1.55 bits per heavy atom. The number of piperidine rings is 2. The molecular weight excluding hydrogens is 727 g/mol. The van der Waals surface area contributed by atoms with Gasteiger partial charge in [-0.3, -0.25) is 29.1 Å². The van der Waals surface area contributed by atoms with Gasteiger partial charge in [-0.2, -0.15) is 0 Å². The van der Waals surface area contributed by atoms with Crippen LogP contribution < -0.4 is 15.0 Å². The average molecular weight is 778 g/mol. The molecule has 10 heteroatoms. The molecule has 5 atom stereocenters. The molecule has 0 spiro atoms. The molecule has 10 nitrogen and oxygen atoms in total. The summed E-state index contributed by atoms with van der Waals surface area (Å²) in [5.74, 6) is 0.722. The highest BCUT2D eigenvalue weighted by Gasteiger charge is 2.48. The highest BCUT2D eigenvalue weighted by Crippen LogP contribution is 2.47. The Labute approximate surface area is 340 Å². The Hall–Kier alpha value is -5.45. The van der Waals surface area contributed by atoms with Crippen molar-refractivity contribution >= 4 is 23.4 Å². The van der Waals surface area contributed by atoms with Crippen molar-refractivity contribution in [1.29, 1.82) is 0 Å². The summed E-state index contributed by atoms with van der Waals surface area (Å²) in [6.45, 7) is 9.43. The van der Waals surface area contributed by atoms with Crippen LogP contribution >= 0.6 is 0 Å². The van der Waals surface area contributed by atoms with Gasteiger partial charge in [0.05, 0.1) is 11.1 Å². The van der Waals surface area contributed by atoms with E-state index in [2.05, 4.69) is 87.3 Å². The number of aryl methyl sites for hydroxylation is 1. The number of nitrogens with one attached hydrogen (secondary N) is 1. The van der Waals surface area contributed by atoms with Gasteiger partial charge in [-0.05, 0) is 129 Å². The maximum atomic E-state index is 13.5. The van der Waals surface area contributed by atoms with Crippen molar-refractivity contribution in [3.63, 3.8) is 0 Å². The van der Waals surface area contributed by atoms with E-state index in [0.29, 0.717) is 66.1 Å². The summed E-state index contributed by atoms with van der Waals surface area (Å²) in [6, 6.07) is 31.6. The van der Waals surface area contributed by atoms with Gasteiger partial charge >= 0.3 is 0 Å². The number of benzene rings is 4. The number of imide groups is 1. The van der Waals surface area contributed by atoms with Crippen LogP contribution in [0.2, 0.25) is 0 Å². The lowest BCUT2D eigenvalue weighted by Gasteiger charge is -2.43. The van der Waals surface area contributed by atoms with E-state index in [1.54, 1.807) is 6.07 Å². The van der Waals surface area contributed by atoms with Crippen molar-refractivity contribution < 1.29 is 24.2 Å². The predicted molar refractivity (Wildman–Crippen MR) is 222 cm³/mol. The summed E-state index contributed by atoms with van der Waals surface area (Å²) in [6.07, 6.45) is 6.36. The molecule has 4 aromatic rings. The standard InChI is InChI=1S/C48H51N5O5/c1-30-7-18-44(46(55)49-30)53-47(56)42-16-11-35(27-43(42)48(53)57)52-29-36-26-37(52)28-51(36)34-19-21-50(22-20-34)23-24-58-39-13-8-32(9-14-39)45-40(31-5-3-2-4-6-31)15-10-33-25-38(54)12-17-41(33)45/h2-6,8-9,11-14,16-17,25,27,34,36-37,40,44-45,54H,1,7,10,15,18-24,26,28-29H2,(H,49,55)/t36-,37-,40+,44?,45-/m0/s1. The summed E-state index contributed by atoms with van der Waals surface area (Å²) < 4.78 is 6.30. The van der Waals surface area contributed by atoms with Crippen LogP contribution in [0.15, 0.2) is 103 Å². The molecule has 1 unspecified atom stereocenters. The number of likely N-dealkylation sites (tertiary alicyclic amines) is 2. The monoisotopic (exact) mass is 777 g/mol. The van der Waals surface area contributed by atoms with E-state index in [0.717, 1.165) is 81.2 Å². The Bertz CT molecular complexity index is 2250. The topological polar surface area (TPSA) is 106 Å². The number of phenolic OH excluding ortho intramolecular Hbond substituents is 1. The molecule has 0 aromatic heterocycles. The molecule has 4 fully saturated rings. The number of nitrogens with zero attached hydrogens (tertiary/aromatic N) is 4. The summed E-state index contributed by atoms with van der Waals surface area (Å²) in [7, 11) is 0. The van der Waals surface area contributed by atoms with Crippen LogP contribution in [0.3, 0.4) is 0 Å². The van der Waals surface area contributed by atoms with E-state index in [1.807, 2.05) is 24.3 Å². The number of piperazine rings is 1. The number of carbonyl (C=O) groups excluding carboxylic acids is 3. The van der Waals surface area contributed by atoms with E-state index in [4.69, 9.17) is 4.74 Å². The molecule has 2 N–H and O–H groups in total. The number of phenols is 1. The third kappa shape index (κ3) is 6.66. The van der Waals surface area contributed by atoms with Gasteiger partial charge in [0.15, 0.2) is 0 Å². The lowest BCUT2D eigenvalue weighted by atomic mass is 9.69. The molecule has 298 valence electrons. The molecule has 5 aliphatic heterocycles. The largest absolute Gasteiger partial charge is 0.508 e. The van der Waals surface area contributed by atoms with Crippen LogP contribution in [-0.2, 0) is 11.2 Å². The number of hydrogen-bond acceptors (Lipinski definition) is 8. The maximum absolute atomic E-state index is 13.5. The third-order valence-corrected chi connectivity index (χ3v) is 13.9. The van der Waals surface area contributed by atoms with E-state index in [1.165, 1.54) is 22.3 Å². The van der Waals surface area contributed by atoms with Gasteiger partial charge in [-0.1, -0.05) is 55.1 Å². The first-order valence-corrected chi connectivity index (χ1v) is 21.1. The van der Waals surface area contributed by atoms with Crippen LogP contribution in [0.4, 0.5) is 5.69 Å². The van der Waals surface area contributed by atoms with E-state index < -0.39 is 6.04 Å². The van der Waals surface area contributed by atoms with E-state index in [9.17, 15) is 19.5 Å². The van der Waals surface area contributed by atoms with Gasteiger partial charge in [-0.25, -0.2) is 0 Å². The third-order valence-electron chi connectivity index (χ3n) is 13.9. The number of anilines is 1. The number of amides is 3.